The second kappa shape index (κ2) is 6.85. The molecule has 152 valence electrons. The van der Waals surface area contributed by atoms with E-state index in [9.17, 15) is 26.3 Å². The van der Waals surface area contributed by atoms with Gasteiger partial charge in [0.25, 0.3) is 5.92 Å². The molecule has 0 saturated heterocycles. The maximum Gasteiger partial charge on any atom is 0.389 e. The lowest BCUT2D eigenvalue weighted by Crippen LogP contribution is -2.64. The fourth-order valence-electron chi connectivity index (χ4n) is 5.03. The Balaban J connectivity index is 1.48. The highest BCUT2D eigenvalue weighted by atomic mass is 19.4. The topological polar surface area (TPSA) is 9.23 Å². The van der Waals surface area contributed by atoms with Crippen LogP contribution in [0.5, 0.6) is 0 Å². The largest absolute Gasteiger partial charge is 0.389 e. The van der Waals surface area contributed by atoms with Crippen molar-refractivity contribution in [3.05, 3.63) is 0 Å². The molecule has 0 aromatic carbocycles. The van der Waals surface area contributed by atoms with Gasteiger partial charge in [-0.05, 0) is 63.7 Å². The Labute approximate surface area is 150 Å². The van der Waals surface area contributed by atoms with Crippen LogP contribution in [0, 0.1) is 16.7 Å². The molecule has 0 amide bonds. The zero-order valence-corrected chi connectivity index (χ0v) is 15.2. The molecule has 1 unspecified atom stereocenters. The highest BCUT2D eigenvalue weighted by Crippen LogP contribution is 2.64. The summed E-state index contributed by atoms with van der Waals surface area (Å²) in [6, 6.07) is 0. The molecule has 2 bridgehead atoms. The van der Waals surface area contributed by atoms with E-state index in [0.717, 1.165) is 0 Å². The molecule has 0 radical (unpaired) electrons. The Morgan fingerprint density at radius 1 is 0.962 bits per heavy atom. The zero-order chi connectivity index (χ0) is 19.2. The molecule has 4 rings (SSSR count). The monoisotopic (exact) mass is 386 g/mol. The molecule has 0 heterocycles. The quantitative estimate of drug-likeness (QED) is 0.493. The number of alkyl halides is 6. The smallest absolute Gasteiger partial charge is 0.378 e. The average Bonchev–Trinajstić information content (AvgIpc) is 2.58. The first-order chi connectivity index (χ1) is 12.0. The van der Waals surface area contributed by atoms with E-state index >= 15 is 0 Å². The third-order valence-electron chi connectivity index (χ3n) is 7.25. The number of hydrogen-bond acceptors (Lipinski definition) is 1. The molecule has 0 aromatic rings. The first-order valence-corrected chi connectivity index (χ1v) is 9.68. The van der Waals surface area contributed by atoms with E-state index in [2.05, 4.69) is 0 Å². The van der Waals surface area contributed by atoms with Crippen molar-refractivity contribution in [2.45, 2.75) is 95.5 Å². The molecule has 0 aliphatic heterocycles. The van der Waals surface area contributed by atoms with Crippen molar-refractivity contribution in [3.63, 3.8) is 0 Å². The number of halogens is 6. The SMILES string of the molecule is CC12CCC(COC3CCC(CCC(F)(F)F)CC3)(CC1)C(F)C2(F)F. The molecule has 4 aliphatic carbocycles. The zero-order valence-electron chi connectivity index (χ0n) is 15.2. The summed E-state index contributed by atoms with van der Waals surface area (Å²) in [5, 5.41) is 0. The minimum absolute atomic E-state index is 0.00226. The second-order valence-corrected chi connectivity index (χ2v) is 9.02. The van der Waals surface area contributed by atoms with Crippen molar-refractivity contribution >= 4 is 0 Å². The fourth-order valence-corrected chi connectivity index (χ4v) is 5.03. The van der Waals surface area contributed by atoms with Crippen LogP contribution in [0.25, 0.3) is 0 Å². The van der Waals surface area contributed by atoms with Gasteiger partial charge >= 0.3 is 6.18 Å². The van der Waals surface area contributed by atoms with Gasteiger partial charge in [0.05, 0.1) is 12.7 Å². The van der Waals surface area contributed by atoms with E-state index in [1.807, 2.05) is 0 Å². The molecular weight excluding hydrogens is 358 g/mol. The summed E-state index contributed by atoms with van der Waals surface area (Å²) in [5.41, 5.74) is -2.35. The summed E-state index contributed by atoms with van der Waals surface area (Å²) in [4.78, 5) is 0. The first-order valence-electron chi connectivity index (χ1n) is 9.68. The van der Waals surface area contributed by atoms with Crippen LogP contribution in [0.15, 0.2) is 0 Å². The summed E-state index contributed by atoms with van der Waals surface area (Å²) in [6.07, 6.45) is -3.04. The van der Waals surface area contributed by atoms with Crippen molar-refractivity contribution in [3.8, 4) is 0 Å². The molecule has 1 nitrogen and oxygen atoms in total. The maximum absolute atomic E-state index is 14.6. The van der Waals surface area contributed by atoms with Gasteiger partial charge in [-0.1, -0.05) is 6.92 Å². The van der Waals surface area contributed by atoms with Crippen molar-refractivity contribution < 1.29 is 31.1 Å². The van der Waals surface area contributed by atoms with Crippen molar-refractivity contribution in [1.82, 2.24) is 0 Å². The summed E-state index contributed by atoms with van der Waals surface area (Å²) in [6.45, 7) is 1.48. The van der Waals surface area contributed by atoms with Gasteiger partial charge in [-0.25, -0.2) is 13.2 Å². The van der Waals surface area contributed by atoms with Gasteiger partial charge in [-0.2, -0.15) is 13.2 Å². The number of hydrogen-bond donors (Lipinski definition) is 0. The highest BCUT2D eigenvalue weighted by Gasteiger charge is 2.69. The van der Waals surface area contributed by atoms with Crippen LogP contribution in [0.2, 0.25) is 0 Å². The minimum atomic E-state index is -4.12. The van der Waals surface area contributed by atoms with Crippen LogP contribution in [0.3, 0.4) is 0 Å². The second-order valence-electron chi connectivity index (χ2n) is 9.02. The van der Waals surface area contributed by atoms with Gasteiger partial charge < -0.3 is 4.74 Å². The molecule has 0 spiro atoms. The number of fused-ring (bicyclic) bond motifs is 3. The van der Waals surface area contributed by atoms with Crippen molar-refractivity contribution in [1.29, 1.82) is 0 Å². The fraction of sp³-hybridized carbons (Fsp3) is 1.00. The predicted molar refractivity (Wildman–Crippen MR) is 85.8 cm³/mol. The third kappa shape index (κ3) is 3.74. The van der Waals surface area contributed by atoms with E-state index in [1.165, 1.54) is 6.92 Å². The lowest BCUT2D eigenvalue weighted by molar-refractivity contribution is -0.274. The molecule has 7 heteroatoms. The molecular formula is C19H28F6O. The van der Waals surface area contributed by atoms with Crippen LogP contribution >= 0.6 is 0 Å². The van der Waals surface area contributed by atoms with Gasteiger partial charge in [0.2, 0.25) is 0 Å². The highest BCUT2D eigenvalue weighted by molar-refractivity contribution is 5.12. The van der Waals surface area contributed by atoms with Crippen LogP contribution in [-0.2, 0) is 4.74 Å². The summed E-state index contributed by atoms with van der Waals surface area (Å²) >= 11 is 0. The van der Waals surface area contributed by atoms with Crippen molar-refractivity contribution in [2.75, 3.05) is 6.61 Å². The van der Waals surface area contributed by atoms with Gasteiger partial charge in [0.15, 0.2) is 6.17 Å². The third-order valence-corrected chi connectivity index (χ3v) is 7.25. The van der Waals surface area contributed by atoms with Crippen LogP contribution in [-0.4, -0.2) is 31.0 Å². The Kier molecular flexibility index (Phi) is 5.35. The molecule has 1 atom stereocenters. The molecule has 0 aromatic heterocycles. The summed E-state index contributed by atoms with van der Waals surface area (Å²) in [7, 11) is 0. The Morgan fingerprint density at radius 2 is 1.54 bits per heavy atom. The lowest BCUT2D eigenvalue weighted by Gasteiger charge is -2.58. The van der Waals surface area contributed by atoms with Crippen LogP contribution in [0.1, 0.15) is 71.1 Å². The van der Waals surface area contributed by atoms with Gasteiger partial charge in [0.1, 0.15) is 0 Å². The van der Waals surface area contributed by atoms with E-state index in [1.54, 1.807) is 0 Å². The van der Waals surface area contributed by atoms with Crippen LogP contribution < -0.4 is 0 Å². The standard InChI is InChI=1S/C19H28F6O/c1-16-8-10-17(11-9-16,15(20)19(16,24)25)12-26-14-4-2-13(3-5-14)6-7-18(21,22)23/h13-15H,2-12H2,1H3. The normalized spacial score (nSPS) is 42.8. The van der Waals surface area contributed by atoms with E-state index in [0.29, 0.717) is 51.4 Å². The summed E-state index contributed by atoms with van der Waals surface area (Å²) < 4.78 is 86.2. The lowest BCUT2D eigenvalue weighted by atomic mass is 9.51. The predicted octanol–water partition coefficient (Wildman–Crippen LogP) is 6.46. The number of rotatable bonds is 5. The van der Waals surface area contributed by atoms with Crippen LogP contribution in [0.4, 0.5) is 26.3 Å². The van der Waals surface area contributed by atoms with E-state index in [-0.39, 0.29) is 25.0 Å². The Hall–Kier alpha value is -0.460. The molecule has 4 aliphatic rings. The Morgan fingerprint density at radius 3 is 2.08 bits per heavy atom. The number of ether oxygens (including phenoxy) is 1. The summed E-state index contributed by atoms with van der Waals surface area (Å²) in [5.74, 6) is -3.28. The molecule has 4 saturated carbocycles. The molecule has 26 heavy (non-hydrogen) atoms. The maximum atomic E-state index is 14.6. The van der Waals surface area contributed by atoms with E-state index < -0.39 is 35.5 Å². The Bertz CT molecular complexity index is 487. The minimum Gasteiger partial charge on any atom is -0.378 e. The van der Waals surface area contributed by atoms with Gasteiger partial charge in [-0.15, -0.1) is 0 Å². The van der Waals surface area contributed by atoms with Gasteiger partial charge in [-0.3, -0.25) is 0 Å². The average molecular weight is 386 g/mol. The van der Waals surface area contributed by atoms with Gasteiger partial charge in [0, 0.05) is 17.3 Å². The molecule has 0 N–H and O–H groups in total. The molecule has 4 fully saturated rings. The first kappa shape index (κ1) is 20.3. The van der Waals surface area contributed by atoms with E-state index in [4.69, 9.17) is 4.74 Å². The van der Waals surface area contributed by atoms with Crippen molar-refractivity contribution in [2.24, 2.45) is 16.7 Å².